The molecule has 1 fully saturated rings. The molecule has 0 spiro atoms. The Bertz CT molecular complexity index is 1040. The molecule has 0 radical (unpaired) electrons. The van der Waals surface area contributed by atoms with Crippen LogP contribution < -0.4 is 9.88 Å². The number of nitrogens with zero attached hydrogens (tertiary/aromatic N) is 2. The minimum Gasteiger partial charge on any atom is -0.448 e. The van der Waals surface area contributed by atoms with Gasteiger partial charge in [-0.15, -0.1) is 0 Å². The van der Waals surface area contributed by atoms with E-state index < -0.39 is 23.5 Å². The molecule has 3 amide bonds. The zero-order valence-corrected chi connectivity index (χ0v) is 28.9. The van der Waals surface area contributed by atoms with Crippen LogP contribution in [0.4, 0.5) is 9.59 Å². The van der Waals surface area contributed by atoms with Gasteiger partial charge in [-0.25, -0.2) is 19.1 Å². The standard InChI is InChI=1S/C35H57N3O6S/c1-4-6-7-8-9-10-11-12-13-14-15-16-17-18-19-21-24-36-33(41)43-27-35(29-45-32(35)40)28-44-34(42)38(30(3)39)26-31-23-20-22-25-37(31)5-2/h20,22-23,25H,4-19,21,24,26-29H2,1-3H3/p+1. The van der Waals surface area contributed by atoms with Crippen LogP contribution in [0.3, 0.4) is 0 Å². The first-order valence-corrected chi connectivity index (χ1v) is 18.3. The predicted molar refractivity (Wildman–Crippen MR) is 179 cm³/mol. The number of unbranched alkanes of at least 4 members (excludes halogenated alkanes) is 15. The zero-order valence-electron chi connectivity index (χ0n) is 28.1. The van der Waals surface area contributed by atoms with Gasteiger partial charge in [0.25, 0.3) is 0 Å². The first-order valence-electron chi connectivity index (χ1n) is 17.3. The lowest BCUT2D eigenvalue weighted by Crippen LogP contribution is -2.51. The topological polar surface area (TPSA) is 106 Å². The van der Waals surface area contributed by atoms with Crippen LogP contribution in [0, 0.1) is 5.41 Å². The highest BCUT2D eigenvalue weighted by Gasteiger charge is 2.50. The summed E-state index contributed by atoms with van der Waals surface area (Å²) in [7, 11) is 0. The van der Waals surface area contributed by atoms with Gasteiger partial charge in [0.2, 0.25) is 16.7 Å². The summed E-state index contributed by atoms with van der Waals surface area (Å²) in [6.45, 7) is 6.37. The van der Waals surface area contributed by atoms with E-state index in [2.05, 4.69) is 12.2 Å². The van der Waals surface area contributed by atoms with E-state index >= 15 is 0 Å². The van der Waals surface area contributed by atoms with E-state index in [1.807, 2.05) is 35.9 Å². The molecule has 10 heteroatoms. The first-order chi connectivity index (χ1) is 21.8. The summed E-state index contributed by atoms with van der Waals surface area (Å²) in [5.41, 5.74) is -0.314. The quantitative estimate of drug-likeness (QED) is 0.0903. The Morgan fingerprint density at radius 1 is 0.844 bits per heavy atom. The zero-order chi connectivity index (χ0) is 32.8. The number of nitrogens with one attached hydrogen (secondary N) is 1. The molecule has 254 valence electrons. The molecule has 45 heavy (non-hydrogen) atoms. The number of ether oxygens (including phenoxy) is 2. The highest BCUT2D eigenvalue weighted by Crippen LogP contribution is 2.40. The largest absolute Gasteiger partial charge is 0.448 e. The van der Waals surface area contributed by atoms with Gasteiger partial charge >= 0.3 is 12.2 Å². The molecule has 1 N–H and O–H groups in total. The summed E-state index contributed by atoms with van der Waals surface area (Å²) in [5, 5.41) is 2.57. The molecule has 1 aromatic rings. The third-order valence-corrected chi connectivity index (χ3v) is 9.85. The molecule has 2 heterocycles. The van der Waals surface area contributed by atoms with Gasteiger partial charge in [-0.2, -0.15) is 0 Å². The van der Waals surface area contributed by atoms with Crippen molar-refractivity contribution in [3.05, 3.63) is 30.1 Å². The lowest BCUT2D eigenvalue weighted by atomic mass is 9.93. The van der Waals surface area contributed by atoms with Gasteiger partial charge < -0.3 is 14.8 Å². The number of hydrogen-bond acceptors (Lipinski definition) is 7. The van der Waals surface area contributed by atoms with E-state index in [-0.39, 0.29) is 24.9 Å². The van der Waals surface area contributed by atoms with Crippen molar-refractivity contribution in [1.29, 1.82) is 0 Å². The number of carbonyl (C=O) groups excluding carboxylic acids is 4. The van der Waals surface area contributed by atoms with Crippen molar-refractivity contribution in [1.82, 2.24) is 10.2 Å². The van der Waals surface area contributed by atoms with Crippen molar-refractivity contribution in [2.45, 2.75) is 137 Å². The minimum absolute atomic E-state index is 0.0524. The number of aryl methyl sites for hydroxylation is 1. The molecule has 1 atom stereocenters. The van der Waals surface area contributed by atoms with Gasteiger partial charge in [0.15, 0.2) is 6.20 Å². The maximum absolute atomic E-state index is 12.8. The highest BCUT2D eigenvalue weighted by molar-refractivity contribution is 8.15. The van der Waals surface area contributed by atoms with Crippen molar-refractivity contribution in [3.63, 3.8) is 0 Å². The van der Waals surface area contributed by atoms with Crippen molar-refractivity contribution in [2.75, 3.05) is 25.5 Å². The molecular weight excluding hydrogens is 590 g/mol. The summed E-state index contributed by atoms with van der Waals surface area (Å²) >= 11 is 1.11. The SMILES string of the molecule is CCCCCCCCCCCCCCCCCCNC(=O)OCC1(COC(=O)N(Cc2cccc[n+]2CC)C(C)=O)CSC1=O. The maximum atomic E-state index is 12.8. The van der Waals surface area contributed by atoms with E-state index in [9.17, 15) is 19.2 Å². The second kappa shape index (κ2) is 22.8. The summed E-state index contributed by atoms with van der Waals surface area (Å²) in [5.74, 6) is -0.0836. The number of carbonyl (C=O) groups is 4. The molecule has 0 aromatic carbocycles. The number of pyridine rings is 1. The molecule has 1 aliphatic heterocycles. The number of imide groups is 1. The molecule has 0 bridgehead atoms. The molecule has 2 rings (SSSR count). The van der Waals surface area contributed by atoms with Crippen molar-refractivity contribution in [3.8, 4) is 0 Å². The Kier molecular flexibility index (Phi) is 19.6. The van der Waals surface area contributed by atoms with Crippen LogP contribution in [-0.4, -0.2) is 53.6 Å². The van der Waals surface area contributed by atoms with Crippen molar-refractivity contribution < 1.29 is 33.2 Å². The minimum atomic E-state index is -1.09. The summed E-state index contributed by atoms with van der Waals surface area (Å²) in [6, 6.07) is 5.56. The smallest absolute Gasteiger partial charge is 0.417 e. The van der Waals surface area contributed by atoms with E-state index in [4.69, 9.17) is 9.47 Å². The molecule has 1 saturated heterocycles. The molecule has 1 aromatic heterocycles. The normalized spacial score (nSPS) is 15.8. The Morgan fingerprint density at radius 3 is 1.89 bits per heavy atom. The summed E-state index contributed by atoms with van der Waals surface area (Å²) in [6.07, 6.45) is 21.2. The Labute approximate surface area is 275 Å². The Balaban J connectivity index is 1.55. The number of amides is 3. The van der Waals surface area contributed by atoms with E-state index in [1.54, 1.807) is 0 Å². The second-order valence-corrected chi connectivity index (χ2v) is 13.2. The Hall–Kier alpha value is -2.62. The number of alkyl carbamates (subject to hydrolysis) is 1. The highest BCUT2D eigenvalue weighted by atomic mass is 32.2. The molecule has 0 aliphatic carbocycles. The summed E-state index contributed by atoms with van der Waals surface area (Å²) < 4.78 is 12.7. The van der Waals surface area contributed by atoms with E-state index in [0.29, 0.717) is 18.8 Å². The molecule has 0 saturated carbocycles. The second-order valence-electron chi connectivity index (χ2n) is 12.3. The van der Waals surface area contributed by atoms with Crippen molar-refractivity contribution in [2.24, 2.45) is 5.41 Å². The third-order valence-electron chi connectivity index (χ3n) is 8.46. The molecule has 9 nitrogen and oxygen atoms in total. The molecular formula is C35H58N3O6S+. The van der Waals surface area contributed by atoms with Gasteiger partial charge in [0.05, 0.1) is 0 Å². The van der Waals surface area contributed by atoms with Gasteiger partial charge in [-0.3, -0.25) is 9.59 Å². The fourth-order valence-electron chi connectivity index (χ4n) is 5.40. The average Bonchev–Trinajstić information content (AvgIpc) is 3.04. The van der Waals surface area contributed by atoms with Crippen LogP contribution in [0.2, 0.25) is 0 Å². The van der Waals surface area contributed by atoms with Crippen LogP contribution >= 0.6 is 11.8 Å². The maximum Gasteiger partial charge on any atom is 0.417 e. The number of hydrogen-bond donors (Lipinski definition) is 1. The Morgan fingerprint density at radius 2 is 1.40 bits per heavy atom. The van der Waals surface area contributed by atoms with Crippen LogP contribution in [-0.2, 0) is 32.2 Å². The first kappa shape index (κ1) is 38.6. The van der Waals surface area contributed by atoms with E-state index in [0.717, 1.165) is 41.6 Å². The fourth-order valence-corrected chi connectivity index (χ4v) is 6.36. The van der Waals surface area contributed by atoms with Gasteiger partial charge in [0, 0.05) is 31.4 Å². The fraction of sp³-hybridized carbons (Fsp3) is 0.743. The van der Waals surface area contributed by atoms with Gasteiger partial charge in [-0.1, -0.05) is 121 Å². The molecule has 1 unspecified atom stereocenters. The van der Waals surface area contributed by atoms with Gasteiger partial charge in [-0.05, 0) is 13.3 Å². The third kappa shape index (κ3) is 15.0. The van der Waals surface area contributed by atoms with Crippen LogP contribution in [0.1, 0.15) is 129 Å². The molecule has 1 aliphatic rings. The summed E-state index contributed by atoms with van der Waals surface area (Å²) in [4.78, 5) is 50.8. The lowest BCUT2D eigenvalue weighted by Gasteiger charge is -2.37. The average molecular weight is 649 g/mol. The van der Waals surface area contributed by atoms with Crippen LogP contribution in [0.25, 0.3) is 0 Å². The van der Waals surface area contributed by atoms with Crippen LogP contribution in [0.15, 0.2) is 24.4 Å². The monoisotopic (exact) mass is 648 g/mol. The van der Waals surface area contributed by atoms with Crippen LogP contribution in [0.5, 0.6) is 0 Å². The number of thioether (sulfide) groups is 1. The predicted octanol–water partition coefficient (Wildman–Crippen LogP) is 7.73. The van der Waals surface area contributed by atoms with Crippen molar-refractivity contribution >= 4 is 35.0 Å². The van der Waals surface area contributed by atoms with E-state index in [1.165, 1.54) is 90.4 Å². The van der Waals surface area contributed by atoms with Gasteiger partial charge in [0.1, 0.15) is 31.7 Å². The number of aromatic nitrogens is 1. The number of rotatable bonds is 24. The lowest BCUT2D eigenvalue weighted by molar-refractivity contribution is -0.701.